The molecule has 0 spiro atoms. The number of nitrogens with one attached hydrogen (secondary N) is 2. The molecule has 3 aromatic rings. The van der Waals surface area contributed by atoms with E-state index in [0.717, 1.165) is 5.01 Å². The number of fused-ring (bicyclic) bond motifs is 1. The Bertz CT molecular complexity index is 902. The molecule has 2 N–H and O–H groups in total. The summed E-state index contributed by atoms with van der Waals surface area (Å²) in [6, 6.07) is 0. The first-order chi connectivity index (χ1) is 10.4. The summed E-state index contributed by atoms with van der Waals surface area (Å²) in [4.78, 5) is 0.915. The molecule has 0 unspecified atom stereocenters. The van der Waals surface area contributed by atoms with E-state index in [1.165, 1.54) is 11.3 Å². The largest absolute Gasteiger partial charge is 0.281 e. The van der Waals surface area contributed by atoms with Gasteiger partial charge in [0, 0.05) is 13.0 Å². The second-order valence-corrected chi connectivity index (χ2v) is 7.59. The first-order valence-corrected chi connectivity index (χ1v) is 8.87. The highest BCUT2D eigenvalue weighted by Crippen LogP contribution is 2.17. The molecule has 0 saturated carbocycles. The van der Waals surface area contributed by atoms with Gasteiger partial charge in [-0.1, -0.05) is 11.3 Å². The van der Waals surface area contributed by atoms with Crippen molar-refractivity contribution in [1.29, 1.82) is 0 Å². The third kappa shape index (κ3) is 2.62. The molecule has 0 saturated heterocycles. The summed E-state index contributed by atoms with van der Waals surface area (Å²) in [5.41, 5.74) is 0.985. The van der Waals surface area contributed by atoms with E-state index in [-0.39, 0.29) is 11.4 Å². The fourth-order valence-electron chi connectivity index (χ4n) is 2.16. The van der Waals surface area contributed by atoms with E-state index in [2.05, 4.69) is 30.2 Å². The average molecular weight is 341 g/mol. The molecule has 11 heteroatoms. The Hall–Kier alpha value is -1.85. The summed E-state index contributed by atoms with van der Waals surface area (Å²) in [5.74, 6) is 0.711. The molecule has 22 heavy (non-hydrogen) atoms. The van der Waals surface area contributed by atoms with E-state index in [1.807, 2.05) is 6.92 Å². The second kappa shape index (κ2) is 5.41. The Morgan fingerprint density at radius 1 is 1.27 bits per heavy atom. The third-order valence-electron chi connectivity index (χ3n) is 3.15. The van der Waals surface area contributed by atoms with Gasteiger partial charge in [0.15, 0.2) is 5.82 Å². The zero-order valence-corrected chi connectivity index (χ0v) is 13.9. The molecule has 0 bridgehead atoms. The fourth-order valence-corrected chi connectivity index (χ4v) is 4.43. The van der Waals surface area contributed by atoms with Gasteiger partial charge in [-0.2, -0.15) is 14.7 Å². The van der Waals surface area contributed by atoms with Gasteiger partial charge in [0.05, 0.1) is 11.4 Å². The van der Waals surface area contributed by atoms with Gasteiger partial charge in [0.1, 0.15) is 9.90 Å². The van der Waals surface area contributed by atoms with Crippen molar-refractivity contribution in [3.8, 4) is 0 Å². The lowest BCUT2D eigenvalue weighted by molar-refractivity contribution is 0.580. The van der Waals surface area contributed by atoms with Gasteiger partial charge < -0.3 is 0 Å². The molecular formula is C11H15N7O2S2. The number of hydrogen-bond donors (Lipinski definition) is 2. The fraction of sp³-hybridized carbons (Fsp3) is 0.455. The van der Waals surface area contributed by atoms with Gasteiger partial charge in [-0.25, -0.2) is 13.1 Å². The van der Waals surface area contributed by atoms with Crippen LogP contribution in [0.2, 0.25) is 0 Å². The lowest BCUT2D eigenvalue weighted by Gasteiger charge is -2.05. The molecule has 0 radical (unpaired) electrons. The molecule has 0 amide bonds. The molecule has 3 rings (SSSR count). The molecule has 0 fully saturated rings. The van der Waals surface area contributed by atoms with Crippen molar-refractivity contribution in [3.05, 3.63) is 22.2 Å². The number of hydrogen-bond acceptors (Lipinski definition) is 7. The number of aromatic nitrogens is 6. The summed E-state index contributed by atoms with van der Waals surface area (Å²) in [7, 11) is -3.57. The van der Waals surface area contributed by atoms with Gasteiger partial charge in [-0.05, 0) is 20.8 Å². The number of rotatable bonds is 5. The summed E-state index contributed by atoms with van der Waals surface area (Å²) in [6.07, 6.45) is 0.489. The lowest BCUT2D eigenvalue weighted by atomic mass is 10.4. The highest BCUT2D eigenvalue weighted by atomic mass is 32.2. The Kier molecular flexibility index (Phi) is 3.70. The van der Waals surface area contributed by atoms with Crippen molar-refractivity contribution >= 4 is 26.3 Å². The van der Waals surface area contributed by atoms with E-state index in [1.54, 1.807) is 18.4 Å². The van der Waals surface area contributed by atoms with Gasteiger partial charge in [0.25, 0.3) is 0 Å². The number of aromatic amines is 1. The van der Waals surface area contributed by atoms with Crippen LogP contribution in [0.25, 0.3) is 4.96 Å². The Morgan fingerprint density at radius 3 is 2.68 bits per heavy atom. The standard InChI is InChI=1S/C11H15N7O2S2/c1-6-10(7(2)14-13-6)22(19,20)12-5-4-9-17-18-8(3)15-16-11(18)21-9/h12H,4-5H2,1-3H3,(H,13,14). The van der Waals surface area contributed by atoms with Crippen LogP contribution < -0.4 is 4.72 Å². The minimum atomic E-state index is -3.57. The number of nitrogens with zero attached hydrogens (tertiary/aromatic N) is 5. The summed E-state index contributed by atoms with van der Waals surface area (Å²) < 4.78 is 28.8. The summed E-state index contributed by atoms with van der Waals surface area (Å²) in [5, 5.41) is 19.6. The van der Waals surface area contributed by atoms with Gasteiger partial charge >= 0.3 is 0 Å². The van der Waals surface area contributed by atoms with Gasteiger partial charge in [0.2, 0.25) is 15.0 Å². The molecule has 0 aromatic carbocycles. The van der Waals surface area contributed by atoms with Gasteiger partial charge in [-0.15, -0.1) is 10.2 Å². The van der Waals surface area contributed by atoms with Crippen molar-refractivity contribution in [3.63, 3.8) is 0 Å². The predicted molar refractivity (Wildman–Crippen MR) is 80.4 cm³/mol. The van der Waals surface area contributed by atoms with E-state index in [0.29, 0.717) is 28.6 Å². The van der Waals surface area contributed by atoms with E-state index in [4.69, 9.17) is 0 Å². The predicted octanol–water partition coefficient (Wildman–Crippen LogP) is 0.355. The van der Waals surface area contributed by atoms with Crippen molar-refractivity contribution in [2.75, 3.05) is 6.54 Å². The van der Waals surface area contributed by atoms with Crippen molar-refractivity contribution in [2.24, 2.45) is 0 Å². The van der Waals surface area contributed by atoms with Crippen LogP contribution in [0.3, 0.4) is 0 Å². The normalized spacial score (nSPS) is 12.3. The van der Waals surface area contributed by atoms with Crippen LogP contribution in [0, 0.1) is 20.8 Å². The first-order valence-electron chi connectivity index (χ1n) is 6.57. The van der Waals surface area contributed by atoms with Crippen molar-refractivity contribution in [2.45, 2.75) is 32.1 Å². The average Bonchev–Trinajstić information content (AvgIpc) is 3.08. The Balaban J connectivity index is 1.70. The summed E-state index contributed by atoms with van der Waals surface area (Å²) >= 11 is 1.40. The van der Waals surface area contributed by atoms with Gasteiger partial charge in [-0.3, -0.25) is 5.10 Å². The quantitative estimate of drug-likeness (QED) is 0.691. The molecule has 9 nitrogen and oxygen atoms in total. The third-order valence-corrected chi connectivity index (χ3v) is 5.83. The van der Waals surface area contributed by atoms with Crippen molar-refractivity contribution in [1.82, 2.24) is 34.7 Å². The highest BCUT2D eigenvalue weighted by molar-refractivity contribution is 7.89. The van der Waals surface area contributed by atoms with Crippen LogP contribution in [-0.2, 0) is 16.4 Å². The maximum absolute atomic E-state index is 12.3. The van der Waals surface area contributed by atoms with E-state index >= 15 is 0 Å². The maximum Gasteiger partial charge on any atom is 0.244 e. The number of H-pyrrole nitrogens is 1. The minimum absolute atomic E-state index is 0.210. The molecule has 118 valence electrons. The molecule has 0 aliphatic carbocycles. The molecule has 3 heterocycles. The molecule has 0 atom stereocenters. The number of sulfonamides is 1. The minimum Gasteiger partial charge on any atom is -0.281 e. The van der Waals surface area contributed by atoms with E-state index < -0.39 is 10.0 Å². The zero-order chi connectivity index (χ0) is 15.9. The first kappa shape index (κ1) is 15.1. The smallest absolute Gasteiger partial charge is 0.244 e. The molecule has 0 aliphatic rings. The van der Waals surface area contributed by atoms with Crippen LogP contribution in [-0.4, -0.2) is 45.0 Å². The molecule has 3 aromatic heterocycles. The Labute approximate surface area is 130 Å². The maximum atomic E-state index is 12.3. The van der Waals surface area contributed by atoms with Crippen molar-refractivity contribution < 1.29 is 8.42 Å². The zero-order valence-electron chi connectivity index (χ0n) is 12.3. The topological polar surface area (TPSA) is 118 Å². The van der Waals surface area contributed by atoms with Crippen LogP contribution in [0.5, 0.6) is 0 Å². The van der Waals surface area contributed by atoms with Crippen LogP contribution in [0.4, 0.5) is 0 Å². The Morgan fingerprint density at radius 2 is 2.05 bits per heavy atom. The lowest BCUT2D eigenvalue weighted by Crippen LogP contribution is -2.26. The van der Waals surface area contributed by atoms with Crippen LogP contribution >= 0.6 is 11.3 Å². The monoisotopic (exact) mass is 341 g/mol. The molecular weight excluding hydrogens is 326 g/mol. The van der Waals surface area contributed by atoms with Crippen LogP contribution in [0.15, 0.2) is 4.90 Å². The molecule has 0 aliphatic heterocycles. The summed E-state index contributed by atoms with van der Waals surface area (Å²) in [6.45, 7) is 5.41. The number of aryl methyl sites for hydroxylation is 3. The SMILES string of the molecule is Cc1n[nH]c(C)c1S(=O)(=O)NCCc1nn2c(C)nnc2s1. The van der Waals surface area contributed by atoms with E-state index in [9.17, 15) is 8.42 Å². The van der Waals surface area contributed by atoms with Crippen LogP contribution in [0.1, 0.15) is 22.2 Å². The second-order valence-electron chi connectivity index (χ2n) is 4.85. The highest BCUT2D eigenvalue weighted by Gasteiger charge is 2.21.